The number of aryl methyl sites for hydroxylation is 1. The maximum absolute atomic E-state index is 4.39. The number of nitrogens with zero attached hydrogens (tertiary/aromatic N) is 2. The predicted octanol–water partition coefficient (Wildman–Crippen LogP) is 2.94. The van der Waals surface area contributed by atoms with E-state index in [0.29, 0.717) is 0 Å². The van der Waals surface area contributed by atoms with Gasteiger partial charge in [-0.05, 0) is 18.6 Å². The van der Waals surface area contributed by atoms with Gasteiger partial charge < -0.3 is 4.40 Å². The summed E-state index contributed by atoms with van der Waals surface area (Å²) in [6.45, 7) is 8.72. The van der Waals surface area contributed by atoms with E-state index in [4.69, 9.17) is 0 Å². The van der Waals surface area contributed by atoms with Crippen LogP contribution >= 0.6 is 0 Å². The molecule has 0 saturated heterocycles. The number of imidazole rings is 1. The van der Waals surface area contributed by atoms with Crippen LogP contribution in [0.15, 0.2) is 24.5 Å². The van der Waals surface area contributed by atoms with Gasteiger partial charge in [0.05, 0.1) is 0 Å². The fourth-order valence-electron chi connectivity index (χ4n) is 1.64. The second-order valence-corrected chi connectivity index (χ2v) is 4.83. The highest BCUT2D eigenvalue weighted by molar-refractivity contribution is 5.42. The van der Waals surface area contributed by atoms with Gasteiger partial charge >= 0.3 is 0 Å². The summed E-state index contributed by atoms with van der Waals surface area (Å²) in [6, 6.07) is 4.15. The van der Waals surface area contributed by atoms with Crippen LogP contribution in [0.25, 0.3) is 5.65 Å². The van der Waals surface area contributed by atoms with E-state index in [1.807, 2.05) is 6.20 Å². The number of aromatic nitrogens is 2. The van der Waals surface area contributed by atoms with Crippen LogP contribution in [0.2, 0.25) is 0 Å². The topological polar surface area (TPSA) is 17.3 Å². The molecule has 2 aromatic rings. The van der Waals surface area contributed by atoms with Crippen molar-refractivity contribution >= 4 is 5.65 Å². The summed E-state index contributed by atoms with van der Waals surface area (Å²) in [4.78, 5) is 4.39. The Hall–Kier alpha value is -1.31. The molecule has 0 unspecified atom stereocenters. The fourth-order valence-corrected chi connectivity index (χ4v) is 1.64. The second-order valence-electron chi connectivity index (χ2n) is 4.83. The highest BCUT2D eigenvalue weighted by atomic mass is 15.0. The van der Waals surface area contributed by atoms with E-state index < -0.39 is 0 Å². The van der Waals surface area contributed by atoms with Gasteiger partial charge in [0.25, 0.3) is 0 Å². The lowest BCUT2D eigenvalue weighted by Crippen LogP contribution is -2.14. The zero-order valence-corrected chi connectivity index (χ0v) is 9.20. The summed E-state index contributed by atoms with van der Waals surface area (Å²) < 4.78 is 2.18. The van der Waals surface area contributed by atoms with Crippen LogP contribution in [0.3, 0.4) is 0 Å². The molecule has 0 aliphatic carbocycles. The lowest BCUT2D eigenvalue weighted by atomic mass is 9.93. The summed E-state index contributed by atoms with van der Waals surface area (Å²) >= 11 is 0. The third-order valence-corrected chi connectivity index (χ3v) is 2.42. The fraction of sp³-hybridized carbons (Fsp3) is 0.417. The average Bonchev–Trinajstić information content (AvgIpc) is 2.45. The zero-order valence-electron chi connectivity index (χ0n) is 9.20. The highest BCUT2D eigenvalue weighted by Crippen LogP contribution is 2.23. The van der Waals surface area contributed by atoms with Gasteiger partial charge in [-0.2, -0.15) is 0 Å². The lowest BCUT2D eigenvalue weighted by Gasteiger charge is -2.17. The van der Waals surface area contributed by atoms with E-state index in [9.17, 15) is 0 Å². The first-order valence-electron chi connectivity index (χ1n) is 4.93. The van der Waals surface area contributed by atoms with Gasteiger partial charge in [-0.3, -0.25) is 0 Å². The summed E-state index contributed by atoms with van der Waals surface area (Å²) in [5, 5.41) is 0. The first-order valence-corrected chi connectivity index (χ1v) is 4.93. The molecule has 2 heteroatoms. The van der Waals surface area contributed by atoms with Gasteiger partial charge in [-0.25, -0.2) is 4.98 Å². The minimum atomic E-state index is 0.146. The largest absolute Gasteiger partial charge is 0.303 e. The quantitative estimate of drug-likeness (QED) is 0.621. The molecule has 0 radical (unpaired) electrons. The number of rotatable bonds is 0. The Morgan fingerprint density at radius 1 is 1.21 bits per heavy atom. The van der Waals surface area contributed by atoms with Crippen LogP contribution in [0.5, 0.6) is 0 Å². The molecule has 0 saturated carbocycles. The molecular formula is C12H16N2. The third-order valence-electron chi connectivity index (χ3n) is 2.42. The van der Waals surface area contributed by atoms with Crippen molar-refractivity contribution < 1.29 is 0 Å². The van der Waals surface area contributed by atoms with E-state index >= 15 is 0 Å². The molecule has 2 rings (SSSR count). The average molecular weight is 188 g/mol. The van der Waals surface area contributed by atoms with Crippen LogP contribution in [0.1, 0.15) is 32.0 Å². The molecule has 2 nitrogen and oxygen atoms in total. The lowest BCUT2D eigenvalue weighted by molar-refractivity contribution is 0.563. The molecule has 74 valence electrons. The molecule has 2 heterocycles. The van der Waals surface area contributed by atoms with Crippen LogP contribution in [0, 0.1) is 6.92 Å². The molecule has 0 aliphatic rings. The number of fused-ring (bicyclic) bond motifs is 1. The van der Waals surface area contributed by atoms with Crippen molar-refractivity contribution in [1.82, 2.24) is 9.38 Å². The molecule has 0 atom stereocenters. The predicted molar refractivity (Wildman–Crippen MR) is 58.6 cm³/mol. The normalized spacial score (nSPS) is 12.3. The molecule has 0 spiro atoms. The molecule has 0 fully saturated rings. The SMILES string of the molecule is Cc1ccc2ncc(C(C)(C)C)n2c1. The monoisotopic (exact) mass is 188 g/mol. The Morgan fingerprint density at radius 2 is 1.93 bits per heavy atom. The summed E-state index contributed by atoms with van der Waals surface area (Å²) in [5.41, 5.74) is 3.70. The van der Waals surface area contributed by atoms with Gasteiger partial charge in [0, 0.05) is 23.5 Å². The Morgan fingerprint density at radius 3 is 2.57 bits per heavy atom. The Bertz CT molecular complexity index is 461. The Balaban J connectivity index is 2.73. The van der Waals surface area contributed by atoms with Crippen molar-refractivity contribution in [3.05, 3.63) is 35.8 Å². The molecule has 0 amide bonds. The molecule has 0 aromatic carbocycles. The minimum absolute atomic E-state index is 0.146. The third kappa shape index (κ3) is 1.41. The van der Waals surface area contributed by atoms with Crippen molar-refractivity contribution in [2.24, 2.45) is 0 Å². The maximum Gasteiger partial charge on any atom is 0.136 e. The van der Waals surface area contributed by atoms with E-state index in [1.165, 1.54) is 11.3 Å². The molecule has 0 N–H and O–H groups in total. The molecule has 2 aromatic heterocycles. The summed E-state index contributed by atoms with van der Waals surface area (Å²) in [7, 11) is 0. The minimum Gasteiger partial charge on any atom is -0.303 e. The van der Waals surface area contributed by atoms with E-state index in [0.717, 1.165) is 5.65 Å². The van der Waals surface area contributed by atoms with E-state index in [1.54, 1.807) is 0 Å². The van der Waals surface area contributed by atoms with Gasteiger partial charge in [0.1, 0.15) is 5.65 Å². The van der Waals surface area contributed by atoms with Crippen LogP contribution in [-0.4, -0.2) is 9.38 Å². The van der Waals surface area contributed by atoms with Crippen LogP contribution in [0.4, 0.5) is 0 Å². The van der Waals surface area contributed by atoms with Gasteiger partial charge in [0.15, 0.2) is 0 Å². The van der Waals surface area contributed by atoms with Crippen LogP contribution in [-0.2, 0) is 5.41 Å². The number of hydrogen-bond acceptors (Lipinski definition) is 1. The van der Waals surface area contributed by atoms with Gasteiger partial charge in [0.2, 0.25) is 0 Å². The van der Waals surface area contributed by atoms with Crippen molar-refractivity contribution in [2.45, 2.75) is 33.1 Å². The van der Waals surface area contributed by atoms with Crippen molar-refractivity contribution in [3.63, 3.8) is 0 Å². The molecule has 14 heavy (non-hydrogen) atoms. The van der Waals surface area contributed by atoms with Gasteiger partial charge in [-0.1, -0.05) is 26.8 Å². The molecule has 0 aliphatic heterocycles. The van der Waals surface area contributed by atoms with Gasteiger partial charge in [-0.15, -0.1) is 0 Å². The first kappa shape index (κ1) is 9.25. The van der Waals surface area contributed by atoms with Crippen LogP contribution < -0.4 is 0 Å². The zero-order chi connectivity index (χ0) is 10.3. The van der Waals surface area contributed by atoms with Crippen molar-refractivity contribution in [2.75, 3.05) is 0 Å². The molecule has 0 bridgehead atoms. The standard InChI is InChI=1S/C12H16N2/c1-9-5-6-11-13-7-10(12(2,3)4)14(11)8-9/h5-8H,1-4H3. The summed E-state index contributed by atoms with van der Waals surface area (Å²) in [6.07, 6.45) is 4.11. The maximum atomic E-state index is 4.39. The first-order chi connectivity index (χ1) is 6.48. The Labute approximate surface area is 84.6 Å². The Kier molecular flexibility index (Phi) is 1.88. The van der Waals surface area contributed by atoms with Crippen molar-refractivity contribution in [3.8, 4) is 0 Å². The van der Waals surface area contributed by atoms with E-state index in [2.05, 4.69) is 55.4 Å². The van der Waals surface area contributed by atoms with E-state index in [-0.39, 0.29) is 5.41 Å². The smallest absolute Gasteiger partial charge is 0.136 e. The molecular weight excluding hydrogens is 172 g/mol. The van der Waals surface area contributed by atoms with Crippen molar-refractivity contribution in [1.29, 1.82) is 0 Å². The summed E-state index contributed by atoms with van der Waals surface area (Å²) in [5.74, 6) is 0. The number of pyridine rings is 1. The second kappa shape index (κ2) is 2.84. The number of hydrogen-bond donors (Lipinski definition) is 0. The highest BCUT2D eigenvalue weighted by Gasteiger charge is 2.18.